The summed E-state index contributed by atoms with van der Waals surface area (Å²) in [5.74, 6) is 1.02. The van der Waals surface area contributed by atoms with Crippen molar-refractivity contribution in [1.29, 1.82) is 0 Å². The number of thioether (sulfide) groups is 1. The van der Waals surface area contributed by atoms with Gasteiger partial charge in [0.05, 0.1) is 5.41 Å². The monoisotopic (exact) mass is 214 g/mol. The average Bonchev–Trinajstić information content (AvgIpc) is 2.71. The number of carboxylic acid groups (broad SMARTS) is 1. The molecule has 1 aliphatic rings. The standard InChI is InChI=1S/C8H10N2O3S/c1-8(2-3-14-4-8)7-9-5(6(11)12)10-13-7/h2-4H2,1H3,(H,11,12). The summed E-state index contributed by atoms with van der Waals surface area (Å²) in [5, 5.41) is 12.0. The number of aromatic nitrogens is 2. The SMILES string of the molecule is CC1(c2nc(C(=O)O)no2)CCSC1. The Bertz CT molecular complexity index is 357. The summed E-state index contributed by atoms with van der Waals surface area (Å²) in [5.41, 5.74) is -0.147. The average molecular weight is 214 g/mol. The number of aromatic carboxylic acids is 1. The summed E-state index contributed by atoms with van der Waals surface area (Å²) in [6.45, 7) is 2.02. The molecular formula is C8H10N2O3S. The van der Waals surface area contributed by atoms with Crippen molar-refractivity contribution in [2.24, 2.45) is 0 Å². The third-order valence-corrected chi connectivity index (χ3v) is 3.69. The van der Waals surface area contributed by atoms with E-state index in [1.807, 2.05) is 18.7 Å². The highest BCUT2D eigenvalue weighted by atomic mass is 32.2. The number of carbonyl (C=O) groups is 1. The van der Waals surface area contributed by atoms with Crippen molar-refractivity contribution in [2.75, 3.05) is 11.5 Å². The highest BCUT2D eigenvalue weighted by molar-refractivity contribution is 7.99. The molecule has 1 saturated heterocycles. The Balaban J connectivity index is 2.28. The molecule has 1 atom stereocenters. The van der Waals surface area contributed by atoms with Crippen molar-refractivity contribution in [1.82, 2.24) is 10.1 Å². The van der Waals surface area contributed by atoms with Crippen LogP contribution in [-0.4, -0.2) is 32.7 Å². The smallest absolute Gasteiger partial charge is 0.377 e. The molecule has 1 unspecified atom stereocenters. The molecule has 0 spiro atoms. The lowest BCUT2D eigenvalue weighted by Gasteiger charge is -2.15. The summed E-state index contributed by atoms with van der Waals surface area (Å²) in [4.78, 5) is 14.4. The van der Waals surface area contributed by atoms with E-state index in [1.165, 1.54) is 0 Å². The van der Waals surface area contributed by atoms with Crippen molar-refractivity contribution >= 4 is 17.7 Å². The zero-order valence-electron chi connectivity index (χ0n) is 7.69. The Morgan fingerprint density at radius 2 is 2.50 bits per heavy atom. The van der Waals surface area contributed by atoms with Crippen molar-refractivity contribution < 1.29 is 14.4 Å². The molecular weight excluding hydrogens is 204 g/mol. The van der Waals surface area contributed by atoms with Gasteiger partial charge in [0.1, 0.15) is 0 Å². The largest absolute Gasteiger partial charge is 0.475 e. The van der Waals surface area contributed by atoms with Gasteiger partial charge in [-0.15, -0.1) is 0 Å². The molecule has 0 aliphatic carbocycles. The van der Waals surface area contributed by atoms with Crippen LogP contribution in [0, 0.1) is 0 Å². The van der Waals surface area contributed by atoms with E-state index in [2.05, 4.69) is 10.1 Å². The second-order valence-electron chi connectivity index (χ2n) is 3.59. The molecule has 6 heteroatoms. The van der Waals surface area contributed by atoms with E-state index in [0.717, 1.165) is 17.9 Å². The van der Waals surface area contributed by atoms with Crippen molar-refractivity contribution in [3.63, 3.8) is 0 Å². The maximum Gasteiger partial charge on any atom is 0.377 e. The highest BCUT2D eigenvalue weighted by Gasteiger charge is 2.37. The normalized spacial score (nSPS) is 26.6. The van der Waals surface area contributed by atoms with Gasteiger partial charge in [0, 0.05) is 5.75 Å². The van der Waals surface area contributed by atoms with Gasteiger partial charge in [0.2, 0.25) is 5.89 Å². The third-order valence-electron chi connectivity index (χ3n) is 2.35. The lowest BCUT2D eigenvalue weighted by molar-refractivity contribution is 0.0680. The van der Waals surface area contributed by atoms with Gasteiger partial charge >= 0.3 is 5.97 Å². The minimum Gasteiger partial charge on any atom is -0.475 e. The van der Waals surface area contributed by atoms with Gasteiger partial charge in [0.15, 0.2) is 0 Å². The van der Waals surface area contributed by atoms with Crippen LogP contribution in [0.25, 0.3) is 0 Å². The minimum absolute atomic E-state index is 0.147. The Labute approximate surface area is 84.9 Å². The summed E-state index contributed by atoms with van der Waals surface area (Å²) >= 11 is 1.82. The fraction of sp³-hybridized carbons (Fsp3) is 0.625. The molecule has 1 fully saturated rings. The number of carboxylic acids is 1. The summed E-state index contributed by atoms with van der Waals surface area (Å²) in [7, 11) is 0. The van der Waals surface area contributed by atoms with Crippen LogP contribution in [0.1, 0.15) is 29.9 Å². The maximum atomic E-state index is 10.5. The first-order valence-electron chi connectivity index (χ1n) is 4.27. The zero-order valence-corrected chi connectivity index (χ0v) is 8.50. The second-order valence-corrected chi connectivity index (χ2v) is 4.70. The fourth-order valence-electron chi connectivity index (χ4n) is 1.39. The summed E-state index contributed by atoms with van der Waals surface area (Å²) in [6, 6.07) is 0. The first kappa shape index (κ1) is 9.51. The van der Waals surface area contributed by atoms with Gasteiger partial charge < -0.3 is 9.63 Å². The van der Waals surface area contributed by atoms with Crippen LogP contribution >= 0.6 is 11.8 Å². The van der Waals surface area contributed by atoms with Gasteiger partial charge in [0.25, 0.3) is 5.82 Å². The third kappa shape index (κ3) is 1.50. The number of nitrogens with zero attached hydrogens (tertiary/aromatic N) is 2. The zero-order chi connectivity index (χ0) is 10.2. The van der Waals surface area contributed by atoms with Crippen LogP contribution < -0.4 is 0 Å². The second kappa shape index (κ2) is 3.27. The Morgan fingerprint density at radius 1 is 1.71 bits per heavy atom. The van der Waals surface area contributed by atoms with Gasteiger partial charge in [-0.25, -0.2) is 4.79 Å². The minimum atomic E-state index is -1.14. The predicted octanol–water partition coefficient (Wildman–Crippen LogP) is 1.16. The molecule has 0 saturated carbocycles. The summed E-state index contributed by atoms with van der Waals surface area (Å²) < 4.78 is 4.96. The van der Waals surface area contributed by atoms with E-state index >= 15 is 0 Å². The Kier molecular flexibility index (Phi) is 2.22. The molecule has 1 N–H and O–H groups in total. The highest BCUT2D eigenvalue weighted by Crippen LogP contribution is 2.37. The molecule has 0 amide bonds. The van der Waals surface area contributed by atoms with E-state index in [4.69, 9.17) is 9.63 Å². The molecule has 0 radical (unpaired) electrons. The van der Waals surface area contributed by atoms with Crippen LogP contribution in [0.15, 0.2) is 4.52 Å². The van der Waals surface area contributed by atoms with Crippen LogP contribution in [0.2, 0.25) is 0 Å². The van der Waals surface area contributed by atoms with Gasteiger partial charge in [-0.2, -0.15) is 16.7 Å². The maximum absolute atomic E-state index is 10.5. The number of rotatable bonds is 2. The van der Waals surface area contributed by atoms with E-state index < -0.39 is 5.97 Å². The number of hydrogen-bond acceptors (Lipinski definition) is 5. The van der Waals surface area contributed by atoms with Gasteiger partial charge in [-0.3, -0.25) is 0 Å². The van der Waals surface area contributed by atoms with Crippen molar-refractivity contribution in [3.8, 4) is 0 Å². The van der Waals surface area contributed by atoms with Crippen LogP contribution in [0.3, 0.4) is 0 Å². The molecule has 1 aromatic rings. The van der Waals surface area contributed by atoms with E-state index in [1.54, 1.807) is 0 Å². The first-order chi connectivity index (χ1) is 6.62. The molecule has 76 valence electrons. The molecule has 1 aliphatic heterocycles. The van der Waals surface area contributed by atoms with Crippen molar-refractivity contribution in [2.45, 2.75) is 18.8 Å². The topological polar surface area (TPSA) is 76.2 Å². The van der Waals surface area contributed by atoms with Crippen LogP contribution in [0.4, 0.5) is 0 Å². The van der Waals surface area contributed by atoms with E-state index in [0.29, 0.717) is 5.89 Å². The number of hydrogen-bond donors (Lipinski definition) is 1. The summed E-state index contributed by atoms with van der Waals surface area (Å²) in [6.07, 6.45) is 0.957. The van der Waals surface area contributed by atoms with Gasteiger partial charge in [-0.05, 0) is 24.3 Å². The van der Waals surface area contributed by atoms with Crippen molar-refractivity contribution in [3.05, 3.63) is 11.7 Å². The lowest BCUT2D eigenvalue weighted by Crippen LogP contribution is -2.21. The molecule has 2 rings (SSSR count). The van der Waals surface area contributed by atoms with Crippen LogP contribution in [-0.2, 0) is 5.41 Å². The van der Waals surface area contributed by atoms with Gasteiger partial charge in [-0.1, -0.05) is 0 Å². The Morgan fingerprint density at radius 3 is 3.00 bits per heavy atom. The molecule has 1 aromatic heterocycles. The molecule has 2 heterocycles. The molecule has 14 heavy (non-hydrogen) atoms. The Hall–Kier alpha value is -1.04. The predicted molar refractivity (Wildman–Crippen MR) is 50.6 cm³/mol. The quantitative estimate of drug-likeness (QED) is 0.796. The van der Waals surface area contributed by atoms with E-state index in [9.17, 15) is 4.79 Å². The molecule has 0 bridgehead atoms. The van der Waals surface area contributed by atoms with Crippen LogP contribution in [0.5, 0.6) is 0 Å². The van der Waals surface area contributed by atoms with E-state index in [-0.39, 0.29) is 11.2 Å². The molecule has 5 nitrogen and oxygen atoms in total. The molecule has 0 aromatic carbocycles. The lowest BCUT2D eigenvalue weighted by atomic mass is 9.90. The fourth-order valence-corrected chi connectivity index (χ4v) is 2.85. The first-order valence-corrected chi connectivity index (χ1v) is 5.42.